The Morgan fingerprint density at radius 3 is 2.55 bits per heavy atom. The molecule has 2 aliphatic heterocycles. The lowest BCUT2D eigenvalue weighted by Crippen LogP contribution is -2.66. The van der Waals surface area contributed by atoms with E-state index in [4.69, 9.17) is 10.8 Å². The minimum Gasteiger partial charge on any atom is -0.324 e. The molecule has 2 atom stereocenters. The van der Waals surface area contributed by atoms with Gasteiger partial charge >= 0.3 is 6.18 Å². The SMILES string of the molecule is Cc1c(C(=O)N2C3CCC[C@@H]2CN(C(=N)c2ncccn2)C3=N)cccc1C(F)(F)F. The third-order valence-corrected chi connectivity index (χ3v) is 5.90. The van der Waals surface area contributed by atoms with Gasteiger partial charge in [-0.05, 0) is 49.9 Å². The van der Waals surface area contributed by atoms with Crippen molar-refractivity contribution in [3.05, 3.63) is 59.2 Å². The van der Waals surface area contributed by atoms with Crippen LogP contribution in [-0.2, 0) is 6.18 Å². The molecule has 0 aliphatic carbocycles. The van der Waals surface area contributed by atoms with Crippen LogP contribution in [0.5, 0.6) is 0 Å². The van der Waals surface area contributed by atoms with Gasteiger partial charge in [-0.3, -0.25) is 15.6 Å². The monoisotopic (exact) mass is 430 g/mol. The molecule has 0 radical (unpaired) electrons. The fraction of sp³-hybridized carbons (Fsp3) is 0.381. The van der Waals surface area contributed by atoms with Gasteiger partial charge in [-0.15, -0.1) is 0 Å². The van der Waals surface area contributed by atoms with Gasteiger partial charge in [-0.2, -0.15) is 13.2 Å². The zero-order valence-electron chi connectivity index (χ0n) is 16.8. The number of carbonyl (C=O) groups is 1. The molecule has 0 saturated carbocycles. The third-order valence-electron chi connectivity index (χ3n) is 5.90. The fourth-order valence-electron chi connectivity index (χ4n) is 4.39. The molecule has 4 rings (SSSR count). The first kappa shape index (κ1) is 21.0. The number of aromatic nitrogens is 2. The summed E-state index contributed by atoms with van der Waals surface area (Å²) in [5, 5.41) is 17.1. The number of rotatable bonds is 2. The first-order valence-corrected chi connectivity index (χ1v) is 9.91. The second-order valence-electron chi connectivity index (χ2n) is 7.71. The molecule has 1 aromatic heterocycles. The molecule has 1 aromatic carbocycles. The summed E-state index contributed by atoms with van der Waals surface area (Å²) in [6, 6.07) is 4.30. The normalized spacial score (nSPS) is 21.2. The highest BCUT2D eigenvalue weighted by Crippen LogP contribution is 2.36. The molecule has 1 unspecified atom stereocenters. The average Bonchev–Trinajstić information content (AvgIpc) is 2.75. The van der Waals surface area contributed by atoms with E-state index in [1.807, 2.05) is 0 Å². The molecule has 3 heterocycles. The predicted molar refractivity (Wildman–Crippen MR) is 107 cm³/mol. The van der Waals surface area contributed by atoms with E-state index in [0.29, 0.717) is 12.8 Å². The Labute approximate surface area is 176 Å². The molecule has 162 valence electrons. The number of nitrogens with zero attached hydrogens (tertiary/aromatic N) is 4. The minimum absolute atomic E-state index is 0.00514. The van der Waals surface area contributed by atoms with E-state index in [9.17, 15) is 18.0 Å². The summed E-state index contributed by atoms with van der Waals surface area (Å²) in [7, 11) is 0. The zero-order chi connectivity index (χ0) is 22.3. The molecular weight excluding hydrogens is 409 g/mol. The third kappa shape index (κ3) is 3.66. The Balaban J connectivity index is 1.65. The van der Waals surface area contributed by atoms with Gasteiger partial charge in [0.15, 0.2) is 11.7 Å². The van der Waals surface area contributed by atoms with Gasteiger partial charge in [-0.25, -0.2) is 9.97 Å². The lowest BCUT2D eigenvalue weighted by molar-refractivity contribution is -0.138. The molecule has 1 amide bonds. The number of hydrogen-bond acceptors (Lipinski definition) is 5. The molecule has 0 spiro atoms. The van der Waals surface area contributed by atoms with Crippen LogP contribution in [0.4, 0.5) is 13.2 Å². The Morgan fingerprint density at radius 2 is 1.87 bits per heavy atom. The molecule has 31 heavy (non-hydrogen) atoms. The summed E-state index contributed by atoms with van der Waals surface area (Å²) in [6.45, 7) is 1.51. The fourth-order valence-corrected chi connectivity index (χ4v) is 4.39. The van der Waals surface area contributed by atoms with Gasteiger partial charge in [0.2, 0.25) is 0 Å². The second kappa shape index (κ2) is 7.75. The number of carbonyl (C=O) groups excluding carboxylic acids is 1. The van der Waals surface area contributed by atoms with Crippen molar-refractivity contribution in [2.75, 3.05) is 6.54 Å². The van der Waals surface area contributed by atoms with Crippen LogP contribution < -0.4 is 0 Å². The highest BCUT2D eigenvalue weighted by atomic mass is 19.4. The Kier molecular flexibility index (Phi) is 5.24. The highest BCUT2D eigenvalue weighted by Gasteiger charge is 2.45. The van der Waals surface area contributed by atoms with Crippen LogP contribution in [0.3, 0.4) is 0 Å². The number of piperazine rings is 1. The molecule has 2 bridgehead atoms. The van der Waals surface area contributed by atoms with Crippen LogP contribution in [0.2, 0.25) is 0 Å². The number of halogens is 3. The largest absolute Gasteiger partial charge is 0.416 e. The second-order valence-corrected chi connectivity index (χ2v) is 7.71. The predicted octanol–water partition coefficient (Wildman–Crippen LogP) is 3.49. The average molecular weight is 430 g/mol. The van der Waals surface area contributed by atoms with Gasteiger partial charge in [-0.1, -0.05) is 6.07 Å². The zero-order valence-corrected chi connectivity index (χ0v) is 16.8. The van der Waals surface area contributed by atoms with E-state index in [2.05, 4.69) is 9.97 Å². The summed E-state index contributed by atoms with van der Waals surface area (Å²) in [4.78, 5) is 24.5. The van der Waals surface area contributed by atoms with Crippen LogP contribution in [0.1, 0.15) is 46.6 Å². The van der Waals surface area contributed by atoms with Gasteiger partial charge in [0.1, 0.15) is 5.84 Å². The van der Waals surface area contributed by atoms with Crippen LogP contribution in [-0.4, -0.2) is 56.0 Å². The minimum atomic E-state index is -4.55. The van der Waals surface area contributed by atoms with Crippen LogP contribution >= 0.6 is 0 Å². The van der Waals surface area contributed by atoms with E-state index in [1.54, 1.807) is 6.07 Å². The lowest BCUT2D eigenvalue weighted by atomic mass is 9.88. The number of alkyl halides is 3. The van der Waals surface area contributed by atoms with E-state index in [1.165, 1.54) is 41.2 Å². The van der Waals surface area contributed by atoms with Crippen molar-refractivity contribution in [1.29, 1.82) is 10.8 Å². The Morgan fingerprint density at radius 1 is 1.16 bits per heavy atom. The maximum Gasteiger partial charge on any atom is 0.416 e. The first-order valence-electron chi connectivity index (χ1n) is 9.91. The van der Waals surface area contributed by atoms with E-state index in [-0.39, 0.29) is 41.2 Å². The number of piperidine rings is 1. The van der Waals surface area contributed by atoms with Crippen molar-refractivity contribution in [3.8, 4) is 0 Å². The number of likely N-dealkylation sites (tertiary alicyclic amines) is 1. The van der Waals surface area contributed by atoms with E-state index < -0.39 is 23.7 Å². The number of hydrogen-bond donors (Lipinski definition) is 2. The summed E-state index contributed by atoms with van der Waals surface area (Å²) in [6.07, 6.45) is 0.430. The summed E-state index contributed by atoms with van der Waals surface area (Å²) in [5.74, 6) is -0.291. The Hall–Kier alpha value is -3.30. The van der Waals surface area contributed by atoms with Gasteiger partial charge in [0, 0.05) is 24.5 Å². The van der Waals surface area contributed by atoms with E-state index in [0.717, 1.165) is 12.5 Å². The number of benzene rings is 1. The van der Waals surface area contributed by atoms with Crippen LogP contribution in [0.25, 0.3) is 0 Å². The number of fused-ring (bicyclic) bond motifs is 2. The molecule has 7 nitrogen and oxygen atoms in total. The van der Waals surface area contributed by atoms with E-state index >= 15 is 0 Å². The molecule has 2 aliphatic rings. The quantitative estimate of drug-likeness (QED) is 0.563. The van der Waals surface area contributed by atoms with Gasteiger partial charge in [0.05, 0.1) is 17.6 Å². The van der Waals surface area contributed by atoms with Crippen LogP contribution in [0, 0.1) is 17.7 Å². The van der Waals surface area contributed by atoms with Crippen molar-refractivity contribution in [2.45, 2.75) is 44.4 Å². The summed E-state index contributed by atoms with van der Waals surface area (Å²) < 4.78 is 40.0. The molecule has 10 heteroatoms. The molecule has 2 aromatic rings. The standard InChI is InChI=1S/C21H21F3N6O/c1-12-14(6-3-7-15(12)21(22,23)24)20(31)30-13-5-2-8-16(30)17(25)29(11-13)18(26)19-27-9-4-10-28-19/h3-4,6-7,9-10,13,16,25-26H,2,5,8,11H2,1H3/t13-,16?/m1/s1. The van der Waals surface area contributed by atoms with Crippen molar-refractivity contribution in [3.63, 3.8) is 0 Å². The van der Waals surface area contributed by atoms with Gasteiger partial charge in [0.25, 0.3) is 5.91 Å². The maximum atomic E-state index is 13.4. The maximum absolute atomic E-state index is 13.4. The number of amides is 1. The van der Waals surface area contributed by atoms with Crippen molar-refractivity contribution >= 4 is 17.6 Å². The first-order chi connectivity index (χ1) is 14.7. The molecular formula is C21H21F3N6O. The summed E-state index contributed by atoms with van der Waals surface area (Å²) >= 11 is 0. The van der Waals surface area contributed by atoms with Crippen molar-refractivity contribution in [1.82, 2.24) is 19.8 Å². The smallest absolute Gasteiger partial charge is 0.324 e. The topological polar surface area (TPSA) is 97.0 Å². The molecule has 2 N–H and O–H groups in total. The van der Waals surface area contributed by atoms with Crippen LogP contribution in [0.15, 0.2) is 36.7 Å². The highest BCUT2D eigenvalue weighted by molar-refractivity contribution is 6.09. The molecule has 2 fully saturated rings. The number of amidine groups is 2. The number of nitrogens with one attached hydrogen (secondary N) is 2. The van der Waals surface area contributed by atoms with Crippen molar-refractivity contribution in [2.24, 2.45) is 0 Å². The lowest BCUT2D eigenvalue weighted by Gasteiger charge is -2.50. The Bertz CT molecular complexity index is 1040. The van der Waals surface area contributed by atoms with Gasteiger partial charge < -0.3 is 9.80 Å². The van der Waals surface area contributed by atoms with Crippen molar-refractivity contribution < 1.29 is 18.0 Å². The molecule has 2 saturated heterocycles. The summed E-state index contributed by atoms with van der Waals surface area (Å²) in [5.41, 5.74) is -0.952.